The Kier molecular flexibility index (Phi) is 6.44. The molecule has 28 heavy (non-hydrogen) atoms. The summed E-state index contributed by atoms with van der Waals surface area (Å²) in [7, 11) is 1.58. The van der Waals surface area contributed by atoms with Crippen molar-refractivity contribution in [3.05, 3.63) is 76.0 Å². The second kappa shape index (κ2) is 9.18. The van der Waals surface area contributed by atoms with E-state index in [0.29, 0.717) is 28.3 Å². The Morgan fingerprint density at radius 1 is 1.07 bits per heavy atom. The second-order valence-corrected chi connectivity index (χ2v) is 6.74. The molecule has 0 radical (unpaired) electrons. The lowest BCUT2D eigenvalue weighted by molar-refractivity contribution is -0.384. The maximum Gasteiger partial charge on any atom is 0.269 e. The molecule has 0 bridgehead atoms. The fourth-order valence-corrected chi connectivity index (χ4v) is 3.28. The summed E-state index contributed by atoms with van der Waals surface area (Å²) >= 11 is 1.40. The molecule has 144 valence electrons. The third-order valence-corrected chi connectivity index (χ3v) is 4.79. The first-order valence-electron chi connectivity index (χ1n) is 8.64. The average molecular weight is 397 g/mol. The summed E-state index contributed by atoms with van der Waals surface area (Å²) in [6.07, 6.45) is 0.731. The molecule has 3 rings (SSSR count). The van der Waals surface area contributed by atoms with Gasteiger partial charge in [0.2, 0.25) is 5.88 Å². The summed E-state index contributed by atoms with van der Waals surface area (Å²) in [5.74, 6) is 2.13. The predicted octanol–water partition coefficient (Wildman–Crippen LogP) is 5.04. The molecule has 0 fully saturated rings. The molecular formula is C20H19N3O4S. The van der Waals surface area contributed by atoms with Crippen molar-refractivity contribution in [3.63, 3.8) is 0 Å². The molecule has 0 spiro atoms. The Balaban J connectivity index is 1.79. The van der Waals surface area contributed by atoms with Crippen LogP contribution in [0.5, 0.6) is 17.4 Å². The van der Waals surface area contributed by atoms with E-state index in [1.54, 1.807) is 25.3 Å². The fourth-order valence-electron chi connectivity index (χ4n) is 2.47. The van der Waals surface area contributed by atoms with Crippen molar-refractivity contribution in [1.82, 2.24) is 9.97 Å². The first-order valence-corrected chi connectivity index (χ1v) is 9.62. The van der Waals surface area contributed by atoms with Crippen molar-refractivity contribution in [3.8, 4) is 17.4 Å². The Hall–Kier alpha value is -3.13. The summed E-state index contributed by atoms with van der Waals surface area (Å²) in [5, 5.41) is 11.5. The molecule has 8 heteroatoms. The maximum absolute atomic E-state index is 10.9. The van der Waals surface area contributed by atoms with Crippen molar-refractivity contribution < 1.29 is 14.4 Å². The summed E-state index contributed by atoms with van der Waals surface area (Å²) in [5.41, 5.74) is 1.75. The Morgan fingerprint density at radius 3 is 2.57 bits per heavy atom. The molecule has 0 amide bonds. The van der Waals surface area contributed by atoms with Crippen LogP contribution in [0.3, 0.4) is 0 Å². The molecule has 0 saturated carbocycles. The molecule has 0 atom stereocenters. The number of aromatic nitrogens is 2. The van der Waals surface area contributed by atoms with Gasteiger partial charge < -0.3 is 9.47 Å². The highest BCUT2D eigenvalue weighted by atomic mass is 32.2. The van der Waals surface area contributed by atoms with Gasteiger partial charge in [0.1, 0.15) is 0 Å². The van der Waals surface area contributed by atoms with Gasteiger partial charge in [-0.2, -0.15) is 4.98 Å². The van der Waals surface area contributed by atoms with E-state index in [1.807, 2.05) is 37.3 Å². The van der Waals surface area contributed by atoms with Crippen molar-refractivity contribution in [2.45, 2.75) is 24.3 Å². The van der Waals surface area contributed by atoms with Gasteiger partial charge in [-0.25, -0.2) is 4.98 Å². The molecule has 0 saturated heterocycles. The van der Waals surface area contributed by atoms with Crippen molar-refractivity contribution in [2.75, 3.05) is 7.11 Å². The van der Waals surface area contributed by atoms with E-state index >= 15 is 0 Å². The molecule has 3 aromatic rings. The third-order valence-electron chi connectivity index (χ3n) is 3.87. The van der Waals surface area contributed by atoms with Gasteiger partial charge in [-0.15, -0.1) is 0 Å². The molecule has 0 aliphatic carbocycles. The van der Waals surface area contributed by atoms with Gasteiger partial charge in [0.05, 0.1) is 12.0 Å². The number of nitro groups is 1. The average Bonchev–Trinajstić information content (AvgIpc) is 2.72. The fraction of sp³-hybridized carbons (Fsp3) is 0.200. The zero-order chi connectivity index (χ0) is 19.9. The topological polar surface area (TPSA) is 87.4 Å². The van der Waals surface area contributed by atoms with E-state index in [4.69, 9.17) is 9.47 Å². The summed E-state index contributed by atoms with van der Waals surface area (Å²) in [6.45, 7) is 2.00. The van der Waals surface area contributed by atoms with Gasteiger partial charge in [0.15, 0.2) is 16.7 Å². The van der Waals surface area contributed by atoms with Crippen LogP contribution in [0.15, 0.2) is 59.8 Å². The van der Waals surface area contributed by atoms with Crippen LogP contribution in [0.25, 0.3) is 0 Å². The lowest BCUT2D eigenvalue weighted by atomic mass is 10.2. The minimum absolute atomic E-state index is 0.0709. The van der Waals surface area contributed by atoms with E-state index < -0.39 is 4.92 Å². The third kappa shape index (κ3) is 4.98. The highest BCUT2D eigenvalue weighted by Crippen LogP contribution is 2.31. The number of benzene rings is 2. The number of hydrogen-bond acceptors (Lipinski definition) is 7. The molecule has 7 nitrogen and oxygen atoms in total. The maximum atomic E-state index is 10.9. The number of nitrogens with zero attached hydrogens (tertiary/aromatic N) is 3. The van der Waals surface area contributed by atoms with Gasteiger partial charge in [0.25, 0.3) is 5.69 Å². The Bertz CT molecular complexity index is 981. The zero-order valence-corrected chi connectivity index (χ0v) is 16.3. The predicted molar refractivity (Wildman–Crippen MR) is 107 cm³/mol. The number of para-hydroxylation sites is 2. The van der Waals surface area contributed by atoms with Crippen LogP contribution in [0, 0.1) is 10.1 Å². The van der Waals surface area contributed by atoms with E-state index in [2.05, 4.69) is 9.97 Å². The molecule has 1 aromatic heterocycles. The quantitative estimate of drug-likeness (QED) is 0.228. The van der Waals surface area contributed by atoms with Gasteiger partial charge in [-0.1, -0.05) is 43.0 Å². The molecule has 2 aromatic carbocycles. The molecule has 0 unspecified atom stereocenters. The van der Waals surface area contributed by atoms with Crippen LogP contribution in [0.1, 0.15) is 18.2 Å². The highest BCUT2D eigenvalue weighted by Gasteiger charge is 2.11. The highest BCUT2D eigenvalue weighted by molar-refractivity contribution is 7.98. The standard InChI is InChI=1S/C20H19N3O4S/c1-3-15-12-19(27-18-10-5-4-9-17(18)26-2)22-20(21-15)28-13-14-7-6-8-16(11-14)23(24)25/h4-12H,3,13H2,1-2H3. The van der Waals surface area contributed by atoms with E-state index in [0.717, 1.165) is 17.7 Å². The minimum Gasteiger partial charge on any atom is -0.493 e. The smallest absolute Gasteiger partial charge is 0.269 e. The number of non-ortho nitro benzene ring substituents is 1. The number of hydrogen-bond donors (Lipinski definition) is 0. The van der Waals surface area contributed by atoms with Gasteiger partial charge in [0, 0.05) is 29.6 Å². The van der Waals surface area contributed by atoms with Crippen molar-refractivity contribution in [2.24, 2.45) is 0 Å². The van der Waals surface area contributed by atoms with Gasteiger partial charge in [-0.3, -0.25) is 10.1 Å². The molecule has 0 N–H and O–H groups in total. The van der Waals surface area contributed by atoms with Crippen LogP contribution in [-0.4, -0.2) is 22.0 Å². The van der Waals surface area contributed by atoms with Gasteiger partial charge >= 0.3 is 0 Å². The monoisotopic (exact) mass is 397 g/mol. The van der Waals surface area contributed by atoms with Crippen molar-refractivity contribution >= 4 is 17.4 Å². The molecular weight excluding hydrogens is 378 g/mol. The summed E-state index contributed by atoms with van der Waals surface area (Å²) < 4.78 is 11.2. The van der Waals surface area contributed by atoms with Gasteiger partial charge in [-0.05, 0) is 24.1 Å². The number of thioether (sulfide) groups is 1. The molecule has 0 aliphatic heterocycles. The largest absolute Gasteiger partial charge is 0.493 e. The van der Waals surface area contributed by atoms with E-state index in [1.165, 1.54) is 17.8 Å². The van der Waals surface area contributed by atoms with Crippen LogP contribution in [0.2, 0.25) is 0 Å². The Labute approximate surface area is 166 Å². The first kappa shape index (κ1) is 19.6. The van der Waals surface area contributed by atoms with Crippen LogP contribution >= 0.6 is 11.8 Å². The lowest BCUT2D eigenvalue weighted by Gasteiger charge is -2.11. The van der Waals surface area contributed by atoms with Crippen LogP contribution < -0.4 is 9.47 Å². The second-order valence-electron chi connectivity index (χ2n) is 5.80. The van der Waals surface area contributed by atoms with Crippen molar-refractivity contribution in [1.29, 1.82) is 0 Å². The number of aryl methyl sites for hydroxylation is 1. The normalized spacial score (nSPS) is 10.5. The zero-order valence-electron chi connectivity index (χ0n) is 15.5. The molecule has 0 aliphatic rings. The van der Waals surface area contributed by atoms with E-state index in [-0.39, 0.29) is 5.69 Å². The van der Waals surface area contributed by atoms with Crippen LogP contribution in [-0.2, 0) is 12.2 Å². The number of rotatable bonds is 8. The SMILES string of the molecule is CCc1cc(Oc2ccccc2OC)nc(SCc2cccc([N+](=O)[O-])c2)n1. The molecule has 1 heterocycles. The van der Waals surface area contributed by atoms with Crippen LogP contribution in [0.4, 0.5) is 5.69 Å². The first-order chi connectivity index (χ1) is 13.6. The lowest BCUT2D eigenvalue weighted by Crippen LogP contribution is -1.98. The number of ether oxygens (including phenoxy) is 2. The minimum atomic E-state index is -0.401. The number of methoxy groups -OCH3 is 1. The summed E-state index contributed by atoms with van der Waals surface area (Å²) in [4.78, 5) is 19.5. The van der Waals surface area contributed by atoms with E-state index in [9.17, 15) is 10.1 Å². The Morgan fingerprint density at radius 2 is 1.86 bits per heavy atom. The summed E-state index contributed by atoms with van der Waals surface area (Å²) in [6, 6.07) is 15.7. The number of nitro benzene ring substituents is 1.